The van der Waals surface area contributed by atoms with Crippen molar-refractivity contribution in [2.45, 2.75) is 0 Å². The second-order valence-electron chi connectivity index (χ2n) is 5.84. The van der Waals surface area contributed by atoms with Crippen molar-refractivity contribution in [1.82, 2.24) is 0 Å². The molecule has 0 amide bonds. The Morgan fingerprint density at radius 2 is 1.19 bits per heavy atom. The summed E-state index contributed by atoms with van der Waals surface area (Å²) in [7, 11) is 3.32. The Morgan fingerprint density at radius 3 is 1.81 bits per heavy atom. The molecule has 26 heavy (non-hydrogen) atoms. The molecule has 1 heterocycles. The van der Waals surface area contributed by atoms with Gasteiger partial charge in [0.2, 0.25) is 0 Å². The van der Waals surface area contributed by atoms with Gasteiger partial charge in [0, 0.05) is 21.6 Å². The van der Waals surface area contributed by atoms with E-state index in [-0.39, 0.29) is 5.78 Å². The molecule has 1 nitrogen and oxygen atoms in total. The lowest BCUT2D eigenvalue weighted by atomic mass is 9.93. The van der Waals surface area contributed by atoms with Crippen LogP contribution >= 0.6 is 21.6 Å². The van der Waals surface area contributed by atoms with E-state index in [9.17, 15) is 4.79 Å². The second kappa shape index (κ2) is 7.81. The first kappa shape index (κ1) is 17.0. The minimum absolute atomic E-state index is 0.0589. The van der Waals surface area contributed by atoms with Crippen molar-refractivity contribution < 1.29 is 4.79 Å². The van der Waals surface area contributed by atoms with Gasteiger partial charge in [0.05, 0.1) is 0 Å². The molecule has 0 aliphatic carbocycles. The molecule has 0 radical (unpaired) electrons. The molecule has 3 aromatic carbocycles. The summed E-state index contributed by atoms with van der Waals surface area (Å²) < 4.78 is 0. The molecule has 0 aromatic heterocycles. The van der Waals surface area contributed by atoms with Gasteiger partial charge < -0.3 is 0 Å². The quantitative estimate of drug-likeness (QED) is 0.287. The van der Waals surface area contributed by atoms with Gasteiger partial charge in [-0.1, -0.05) is 113 Å². The predicted octanol–water partition coefficient (Wildman–Crippen LogP) is 6.72. The Kier molecular flexibility index (Phi) is 5.09. The first-order chi connectivity index (χ1) is 12.8. The number of rotatable bonds is 4. The first-order valence-electron chi connectivity index (χ1n) is 8.33. The molecule has 1 aliphatic heterocycles. The third-order valence-electron chi connectivity index (χ3n) is 4.18. The van der Waals surface area contributed by atoms with E-state index in [0.717, 1.165) is 27.2 Å². The molecule has 0 atom stereocenters. The van der Waals surface area contributed by atoms with Crippen LogP contribution in [0, 0.1) is 0 Å². The van der Waals surface area contributed by atoms with Crippen LogP contribution in [0.4, 0.5) is 0 Å². The first-order valence-corrected chi connectivity index (χ1v) is 10.5. The van der Waals surface area contributed by atoms with Crippen LogP contribution in [0.1, 0.15) is 21.5 Å². The van der Waals surface area contributed by atoms with E-state index in [4.69, 9.17) is 0 Å². The molecule has 126 valence electrons. The van der Waals surface area contributed by atoms with Crippen LogP contribution < -0.4 is 0 Å². The molecule has 3 heteroatoms. The van der Waals surface area contributed by atoms with Gasteiger partial charge in [0.15, 0.2) is 5.78 Å². The van der Waals surface area contributed by atoms with Gasteiger partial charge in [-0.3, -0.25) is 4.79 Å². The fourth-order valence-corrected chi connectivity index (χ4v) is 5.29. The van der Waals surface area contributed by atoms with Crippen molar-refractivity contribution >= 4 is 38.5 Å². The topological polar surface area (TPSA) is 17.1 Å². The highest BCUT2D eigenvalue weighted by atomic mass is 33.1. The molecule has 0 N–H and O–H groups in total. The Balaban J connectivity index is 1.89. The fraction of sp³-hybridized carbons (Fsp3) is 0. The summed E-state index contributed by atoms with van der Waals surface area (Å²) in [5, 5.41) is 2.14. The highest BCUT2D eigenvalue weighted by Gasteiger charge is 2.25. The molecule has 0 bridgehead atoms. The second-order valence-corrected chi connectivity index (χ2v) is 7.92. The molecule has 0 spiro atoms. The van der Waals surface area contributed by atoms with E-state index < -0.39 is 0 Å². The highest BCUT2D eigenvalue weighted by Crippen LogP contribution is 2.51. The van der Waals surface area contributed by atoms with Crippen molar-refractivity contribution in [3.05, 3.63) is 118 Å². The number of carbonyl (C=O) groups is 1. The smallest absolute Gasteiger partial charge is 0.194 e. The SMILES string of the molecule is O=C(/C(=C1/SSC=C1c1ccccc1)c1ccccc1)c1ccccc1. The number of Topliss-reactive ketones (excluding diaryl/α,β-unsaturated/α-hetero) is 1. The number of hydrogen-bond donors (Lipinski definition) is 0. The van der Waals surface area contributed by atoms with Crippen molar-refractivity contribution in [2.75, 3.05) is 0 Å². The van der Waals surface area contributed by atoms with E-state index in [0.29, 0.717) is 5.56 Å². The summed E-state index contributed by atoms with van der Waals surface area (Å²) in [6.07, 6.45) is 0. The van der Waals surface area contributed by atoms with Crippen LogP contribution in [0.2, 0.25) is 0 Å². The third-order valence-corrected chi connectivity index (χ3v) is 6.28. The van der Waals surface area contributed by atoms with Crippen molar-refractivity contribution in [1.29, 1.82) is 0 Å². The summed E-state index contributed by atoms with van der Waals surface area (Å²) in [6.45, 7) is 0. The number of allylic oxidation sites excluding steroid dienone is 2. The van der Waals surface area contributed by atoms with Gasteiger partial charge >= 0.3 is 0 Å². The van der Waals surface area contributed by atoms with Gasteiger partial charge in [-0.25, -0.2) is 0 Å². The maximum atomic E-state index is 13.4. The van der Waals surface area contributed by atoms with Gasteiger partial charge in [-0.15, -0.1) is 0 Å². The fourth-order valence-electron chi connectivity index (χ4n) is 2.92. The summed E-state index contributed by atoms with van der Waals surface area (Å²) in [6, 6.07) is 29.7. The minimum atomic E-state index is 0.0589. The number of carbonyl (C=O) groups excluding carboxylic acids is 1. The maximum Gasteiger partial charge on any atom is 0.194 e. The van der Waals surface area contributed by atoms with Crippen molar-refractivity contribution in [2.24, 2.45) is 0 Å². The maximum absolute atomic E-state index is 13.4. The lowest BCUT2D eigenvalue weighted by Crippen LogP contribution is -2.05. The molecule has 0 saturated heterocycles. The third kappa shape index (κ3) is 3.41. The van der Waals surface area contributed by atoms with Crippen LogP contribution in [0.3, 0.4) is 0 Å². The lowest BCUT2D eigenvalue weighted by molar-refractivity contribution is 0.105. The molecule has 0 saturated carbocycles. The average Bonchev–Trinajstić information content (AvgIpc) is 3.19. The van der Waals surface area contributed by atoms with Gasteiger partial charge in [0.1, 0.15) is 0 Å². The molecule has 3 aromatic rings. The van der Waals surface area contributed by atoms with Gasteiger partial charge in [0.25, 0.3) is 0 Å². The molecule has 0 unspecified atom stereocenters. The van der Waals surface area contributed by atoms with E-state index in [1.54, 1.807) is 21.6 Å². The zero-order chi connectivity index (χ0) is 17.8. The van der Waals surface area contributed by atoms with Gasteiger partial charge in [-0.2, -0.15) is 0 Å². The number of benzene rings is 3. The van der Waals surface area contributed by atoms with Gasteiger partial charge in [-0.05, 0) is 16.5 Å². The number of ketones is 1. The number of hydrogen-bond acceptors (Lipinski definition) is 3. The van der Waals surface area contributed by atoms with E-state index in [1.807, 2.05) is 78.9 Å². The predicted molar refractivity (Wildman–Crippen MR) is 114 cm³/mol. The highest BCUT2D eigenvalue weighted by molar-refractivity contribution is 8.80. The minimum Gasteiger partial charge on any atom is -0.289 e. The Morgan fingerprint density at radius 1 is 0.654 bits per heavy atom. The molecule has 4 rings (SSSR count). The zero-order valence-corrected chi connectivity index (χ0v) is 15.6. The van der Waals surface area contributed by atoms with Crippen LogP contribution in [0.15, 0.2) is 101 Å². The standard InChI is InChI=1S/C23H16OS2/c24-22(19-14-8-3-9-15-19)21(18-12-6-2-7-13-18)23-20(16-25-26-23)17-10-4-1-5-11-17/h1-16H/b23-21+. The lowest BCUT2D eigenvalue weighted by Gasteiger charge is -2.13. The molecular weight excluding hydrogens is 356 g/mol. The van der Waals surface area contributed by atoms with E-state index >= 15 is 0 Å². The summed E-state index contributed by atoms with van der Waals surface area (Å²) in [5.41, 5.74) is 4.68. The molecule has 1 aliphatic rings. The molecular formula is C23H16OS2. The van der Waals surface area contributed by atoms with E-state index in [2.05, 4.69) is 17.5 Å². The molecule has 0 fully saturated rings. The van der Waals surface area contributed by atoms with Crippen LogP contribution in [0.25, 0.3) is 11.1 Å². The van der Waals surface area contributed by atoms with Crippen molar-refractivity contribution in [3.63, 3.8) is 0 Å². The van der Waals surface area contributed by atoms with Crippen LogP contribution in [0.5, 0.6) is 0 Å². The Hall–Kier alpha value is -2.49. The Bertz CT molecular complexity index is 974. The van der Waals surface area contributed by atoms with Crippen molar-refractivity contribution in [3.8, 4) is 0 Å². The average molecular weight is 373 g/mol. The zero-order valence-electron chi connectivity index (χ0n) is 14.0. The summed E-state index contributed by atoms with van der Waals surface area (Å²) >= 11 is 0. The van der Waals surface area contributed by atoms with E-state index in [1.165, 1.54) is 0 Å². The monoisotopic (exact) mass is 372 g/mol. The summed E-state index contributed by atoms with van der Waals surface area (Å²) in [5.74, 6) is 0.0589. The Labute approximate surface area is 161 Å². The van der Waals surface area contributed by atoms with Crippen LogP contribution in [-0.4, -0.2) is 5.78 Å². The normalized spacial score (nSPS) is 15.5. The van der Waals surface area contributed by atoms with Crippen LogP contribution in [-0.2, 0) is 0 Å². The largest absolute Gasteiger partial charge is 0.289 e. The summed E-state index contributed by atoms with van der Waals surface area (Å²) in [4.78, 5) is 14.4.